The largest absolute Gasteiger partial charge is 0.361 e. The zero-order chi connectivity index (χ0) is 14.2. The summed E-state index contributed by atoms with van der Waals surface area (Å²) in [6.45, 7) is 0. The number of aromatic amines is 1. The summed E-state index contributed by atoms with van der Waals surface area (Å²) in [5.74, 6) is 0. The molecule has 0 aliphatic carbocycles. The molecule has 100 valence electrons. The van der Waals surface area contributed by atoms with Crippen LogP contribution in [-0.4, -0.2) is 11.3 Å². The topological polar surface area (TPSA) is 32.9 Å². The predicted molar refractivity (Wildman–Crippen MR) is 86.6 cm³/mol. The molecule has 0 saturated heterocycles. The Morgan fingerprint density at radius 2 is 1.62 bits per heavy atom. The molecule has 0 saturated carbocycles. The first-order chi connectivity index (χ1) is 10.4. The summed E-state index contributed by atoms with van der Waals surface area (Å²) in [6, 6.07) is 20.3. The van der Waals surface area contributed by atoms with Crippen molar-refractivity contribution >= 4 is 28.0 Å². The average molecular weight is 271 g/mol. The van der Waals surface area contributed by atoms with Crippen LogP contribution in [0.4, 0.5) is 0 Å². The van der Waals surface area contributed by atoms with E-state index in [1.165, 1.54) is 5.39 Å². The minimum absolute atomic E-state index is 0.730. The number of fused-ring (bicyclic) bond motifs is 2. The first-order valence-corrected chi connectivity index (χ1v) is 6.91. The number of H-pyrrole nitrogens is 1. The standard InChI is InChI=1S/C19H13NO/c21-12-15-10-14(9-13-5-1-2-6-16(13)15)18-11-20-19-8-4-3-7-17(18)19/h1-12,20H. The molecule has 21 heavy (non-hydrogen) atoms. The Morgan fingerprint density at radius 1 is 0.857 bits per heavy atom. The van der Waals surface area contributed by atoms with E-state index in [0.29, 0.717) is 0 Å². The van der Waals surface area contributed by atoms with Crippen LogP contribution in [0, 0.1) is 0 Å². The predicted octanol–water partition coefficient (Wildman–Crippen LogP) is 4.80. The van der Waals surface area contributed by atoms with E-state index in [1.54, 1.807) is 0 Å². The monoisotopic (exact) mass is 271 g/mol. The number of rotatable bonds is 2. The van der Waals surface area contributed by atoms with Gasteiger partial charge in [0.25, 0.3) is 0 Å². The van der Waals surface area contributed by atoms with Crippen molar-refractivity contribution in [2.24, 2.45) is 0 Å². The van der Waals surface area contributed by atoms with Gasteiger partial charge >= 0.3 is 0 Å². The van der Waals surface area contributed by atoms with Crippen molar-refractivity contribution in [3.8, 4) is 11.1 Å². The molecule has 0 amide bonds. The van der Waals surface area contributed by atoms with E-state index in [0.717, 1.165) is 39.3 Å². The maximum Gasteiger partial charge on any atom is 0.150 e. The van der Waals surface area contributed by atoms with E-state index in [4.69, 9.17) is 0 Å². The van der Waals surface area contributed by atoms with E-state index in [2.05, 4.69) is 23.2 Å². The summed E-state index contributed by atoms with van der Waals surface area (Å²) >= 11 is 0. The van der Waals surface area contributed by atoms with Crippen LogP contribution in [-0.2, 0) is 0 Å². The number of hydrogen-bond acceptors (Lipinski definition) is 1. The average Bonchev–Trinajstić information content (AvgIpc) is 2.98. The van der Waals surface area contributed by atoms with E-state index in [-0.39, 0.29) is 0 Å². The summed E-state index contributed by atoms with van der Waals surface area (Å²) in [4.78, 5) is 14.7. The molecule has 0 bridgehead atoms. The van der Waals surface area contributed by atoms with E-state index in [1.807, 2.05) is 48.7 Å². The SMILES string of the molecule is O=Cc1cc(-c2c[nH]c3ccccc23)cc2ccccc12. The van der Waals surface area contributed by atoms with Crippen LogP contribution in [0.25, 0.3) is 32.8 Å². The first-order valence-electron chi connectivity index (χ1n) is 6.91. The molecule has 0 spiro atoms. The maximum absolute atomic E-state index is 11.4. The fraction of sp³-hybridized carbons (Fsp3) is 0. The third-order valence-electron chi connectivity index (χ3n) is 3.92. The zero-order valence-corrected chi connectivity index (χ0v) is 11.3. The molecule has 1 heterocycles. The van der Waals surface area contributed by atoms with Gasteiger partial charge in [0.2, 0.25) is 0 Å². The van der Waals surface area contributed by atoms with Crippen molar-refractivity contribution < 1.29 is 4.79 Å². The van der Waals surface area contributed by atoms with Gasteiger partial charge in [-0.2, -0.15) is 0 Å². The molecule has 4 rings (SSSR count). The van der Waals surface area contributed by atoms with Gasteiger partial charge in [-0.05, 0) is 34.5 Å². The van der Waals surface area contributed by atoms with Gasteiger partial charge in [-0.3, -0.25) is 4.79 Å². The number of aldehydes is 1. The summed E-state index contributed by atoms with van der Waals surface area (Å²) < 4.78 is 0. The van der Waals surface area contributed by atoms with Gasteiger partial charge in [-0.1, -0.05) is 42.5 Å². The lowest BCUT2D eigenvalue weighted by Crippen LogP contribution is -1.86. The Hall–Kier alpha value is -2.87. The molecule has 0 aliphatic heterocycles. The quantitative estimate of drug-likeness (QED) is 0.522. The highest BCUT2D eigenvalue weighted by molar-refractivity contribution is 6.04. The van der Waals surface area contributed by atoms with Gasteiger partial charge in [0.05, 0.1) is 0 Å². The van der Waals surface area contributed by atoms with Crippen molar-refractivity contribution in [1.29, 1.82) is 0 Å². The molecule has 0 fully saturated rings. The molecule has 4 aromatic rings. The van der Waals surface area contributed by atoms with Crippen LogP contribution in [0.1, 0.15) is 10.4 Å². The summed E-state index contributed by atoms with van der Waals surface area (Å²) in [6.07, 6.45) is 2.93. The molecule has 0 radical (unpaired) electrons. The normalized spacial score (nSPS) is 11.0. The first kappa shape index (κ1) is 11.9. The molecule has 2 nitrogen and oxygen atoms in total. The lowest BCUT2D eigenvalue weighted by molar-refractivity contribution is 0.112. The highest BCUT2D eigenvalue weighted by atomic mass is 16.1. The zero-order valence-electron chi connectivity index (χ0n) is 11.3. The molecule has 0 atom stereocenters. The van der Waals surface area contributed by atoms with Gasteiger partial charge < -0.3 is 4.98 Å². The van der Waals surface area contributed by atoms with Crippen molar-refractivity contribution in [3.63, 3.8) is 0 Å². The number of hydrogen-bond donors (Lipinski definition) is 1. The summed E-state index contributed by atoms with van der Waals surface area (Å²) in [5, 5.41) is 3.25. The Kier molecular flexibility index (Phi) is 2.61. The number of carbonyl (C=O) groups is 1. The van der Waals surface area contributed by atoms with Crippen molar-refractivity contribution in [3.05, 3.63) is 72.4 Å². The van der Waals surface area contributed by atoms with Crippen LogP contribution < -0.4 is 0 Å². The van der Waals surface area contributed by atoms with Gasteiger partial charge in [0, 0.05) is 28.2 Å². The third kappa shape index (κ3) is 1.84. The Morgan fingerprint density at radius 3 is 2.48 bits per heavy atom. The molecule has 1 N–H and O–H groups in total. The highest BCUT2D eigenvalue weighted by Crippen LogP contribution is 2.32. The second-order valence-corrected chi connectivity index (χ2v) is 5.15. The van der Waals surface area contributed by atoms with Crippen molar-refractivity contribution in [2.75, 3.05) is 0 Å². The van der Waals surface area contributed by atoms with Crippen LogP contribution in [0.15, 0.2) is 66.9 Å². The minimum atomic E-state index is 0.730. The van der Waals surface area contributed by atoms with E-state index in [9.17, 15) is 4.79 Å². The minimum Gasteiger partial charge on any atom is -0.361 e. The molecule has 2 heteroatoms. The Labute approximate surface area is 122 Å². The lowest BCUT2D eigenvalue weighted by Gasteiger charge is -2.06. The molecule has 1 aromatic heterocycles. The maximum atomic E-state index is 11.4. The van der Waals surface area contributed by atoms with Crippen LogP contribution in [0.5, 0.6) is 0 Å². The Balaban J connectivity index is 2.04. The smallest absolute Gasteiger partial charge is 0.150 e. The molecular weight excluding hydrogens is 258 g/mol. The Bertz CT molecular complexity index is 966. The van der Waals surface area contributed by atoms with Gasteiger partial charge in [-0.25, -0.2) is 0 Å². The van der Waals surface area contributed by atoms with Crippen LogP contribution in [0.3, 0.4) is 0 Å². The van der Waals surface area contributed by atoms with Gasteiger partial charge in [0.15, 0.2) is 6.29 Å². The molecule has 0 unspecified atom stereocenters. The van der Waals surface area contributed by atoms with E-state index < -0.39 is 0 Å². The van der Waals surface area contributed by atoms with Crippen molar-refractivity contribution in [2.45, 2.75) is 0 Å². The fourth-order valence-electron chi connectivity index (χ4n) is 2.90. The number of para-hydroxylation sites is 1. The molecule has 3 aromatic carbocycles. The second-order valence-electron chi connectivity index (χ2n) is 5.15. The summed E-state index contributed by atoms with van der Waals surface area (Å²) in [5.41, 5.74) is 4.02. The van der Waals surface area contributed by atoms with Crippen LogP contribution >= 0.6 is 0 Å². The number of aromatic nitrogens is 1. The lowest BCUT2D eigenvalue weighted by atomic mass is 9.97. The van der Waals surface area contributed by atoms with Crippen molar-refractivity contribution in [1.82, 2.24) is 4.98 Å². The van der Waals surface area contributed by atoms with Crippen LogP contribution in [0.2, 0.25) is 0 Å². The number of benzene rings is 3. The van der Waals surface area contributed by atoms with Gasteiger partial charge in [-0.15, -0.1) is 0 Å². The van der Waals surface area contributed by atoms with E-state index >= 15 is 0 Å². The highest BCUT2D eigenvalue weighted by Gasteiger charge is 2.09. The number of nitrogens with one attached hydrogen (secondary N) is 1. The fourth-order valence-corrected chi connectivity index (χ4v) is 2.90. The van der Waals surface area contributed by atoms with Gasteiger partial charge in [0.1, 0.15) is 0 Å². The number of carbonyl (C=O) groups excluding carboxylic acids is 1. The summed E-state index contributed by atoms with van der Waals surface area (Å²) in [7, 11) is 0. The second kappa shape index (κ2) is 4.60. The molecular formula is C19H13NO. The third-order valence-corrected chi connectivity index (χ3v) is 3.92. The molecule has 0 aliphatic rings.